The van der Waals surface area contributed by atoms with Gasteiger partial charge in [0.2, 0.25) is 15.9 Å². The van der Waals surface area contributed by atoms with Gasteiger partial charge >= 0.3 is 0 Å². The van der Waals surface area contributed by atoms with Crippen molar-refractivity contribution in [1.82, 2.24) is 4.31 Å². The van der Waals surface area contributed by atoms with E-state index in [2.05, 4.69) is 5.32 Å². The number of anilines is 1. The molecule has 1 unspecified atom stereocenters. The van der Waals surface area contributed by atoms with Gasteiger partial charge in [0.25, 0.3) is 0 Å². The number of rotatable bonds is 5. The smallest absolute Gasteiger partial charge is 0.243 e. The maximum absolute atomic E-state index is 13.1. The van der Waals surface area contributed by atoms with Crippen LogP contribution in [0.4, 0.5) is 5.69 Å². The van der Waals surface area contributed by atoms with Crippen LogP contribution < -0.4 is 5.32 Å². The maximum Gasteiger partial charge on any atom is 0.243 e. The van der Waals surface area contributed by atoms with Crippen LogP contribution in [0.15, 0.2) is 53.4 Å². The second-order valence-corrected chi connectivity index (χ2v) is 9.03. The van der Waals surface area contributed by atoms with Gasteiger partial charge in [0.05, 0.1) is 4.90 Å². The predicted octanol–water partition coefficient (Wildman–Crippen LogP) is 3.72. The lowest BCUT2D eigenvalue weighted by atomic mass is 10.0. The number of carbonyl (C=O) groups is 2. The molecule has 0 aliphatic carbocycles. The molecular formula is C20H21ClN2O4S. The number of Topliss-reactive ketones (excluding diaryl/α,β-unsaturated/α-hetero) is 1. The Balaban J connectivity index is 1.84. The molecule has 0 spiro atoms. The highest BCUT2D eigenvalue weighted by Crippen LogP contribution is 2.27. The third-order valence-electron chi connectivity index (χ3n) is 4.74. The Morgan fingerprint density at radius 1 is 1.04 bits per heavy atom. The SMILES string of the molecule is CC(=O)c1ccc(S(=O)(=O)N2CCCCC2C(=O)Nc2ccc(Cl)cc2)cc1. The zero-order valence-corrected chi connectivity index (χ0v) is 17.0. The summed E-state index contributed by atoms with van der Waals surface area (Å²) in [5, 5.41) is 3.32. The van der Waals surface area contributed by atoms with E-state index in [9.17, 15) is 18.0 Å². The molecule has 2 aromatic rings. The molecule has 0 bridgehead atoms. The van der Waals surface area contributed by atoms with Crippen LogP contribution in [0.2, 0.25) is 5.02 Å². The van der Waals surface area contributed by atoms with Crippen LogP contribution >= 0.6 is 11.6 Å². The average molecular weight is 421 g/mol. The minimum atomic E-state index is -3.86. The highest BCUT2D eigenvalue weighted by molar-refractivity contribution is 7.89. The number of piperidine rings is 1. The van der Waals surface area contributed by atoms with Crippen LogP contribution in [0.3, 0.4) is 0 Å². The molecule has 1 aliphatic heterocycles. The summed E-state index contributed by atoms with van der Waals surface area (Å²) >= 11 is 5.86. The number of ketones is 1. The largest absolute Gasteiger partial charge is 0.325 e. The van der Waals surface area contributed by atoms with Gasteiger partial charge in [-0.3, -0.25) is 9.59 Å². The normalized spacial score (nSPS) is 17.9. The first kappa shape index (κ1) is 20.5. The number of nitrogens with one attached hydrogen (secondary N) is 1. The van der Waals surface area contributed by atoms with Crippen LogP contribution in [0.5, 0.6) is 0 Å². The number of hydrogen-bond donors (Lipinski definition) is 1. The van der Waals surface area contributed by atoms with Crippen molar-refractivity contribution in [1.29, 1.82) is 0 Å². The van der Waals surface area contributed by atoms with Crippen molar-refractivity contribution >= 4 is 39.0 Å². The minimum Gasteiger partial charge on any atom is -0.325 e. The molecule has 148 valence electrons. The third kappa shape index (κ3) is 4.43. The van der Waals surface area contributed by atoms with Crippen molar-refractivity contribution in [2.24, 2.45) is 0 Å². The first-order valence-corrected chi connectivity index (χ1v) is 10.8. The quantitative estimate of drug-likeness (QED) is 0.747. The van der Waals surface area contributed by atoms with Gasteiger partial charge in [0.15, 0.2) is 5.78 Å². The number of halogens is 1. The van der Waals surface area contributed by atoms with Gasteiger partial charge in [-0.05, 0) is 56.2 Å². The molecule has 2 aromatic carbocycles. The Hall–Kier alpha value is -2.22. The first-order valence-electron chi connectivity index (χ1n) is 8.98. The standard InChI is InChI=1S/C20H21ClN2O4S/c1-14(24)15-5-11-18(12-6-15)28(26,27)23-13-3-2-4-19(23)20(25)22-17-9-7-16(21)8-10-17/h5-12,19H,2-4,13H2,1H3,(H,22,25). The van der Waals surface area contributed by atoms with E-state index >= 15 is 0 Å². The lowest BCUT2D eigenvalue weighted by molar-refractivity contribution is -0.120. The topological polar surface area (TPSA) is 83.6 Å². The van der Waals surface area contributed by atoms with Crippen molar-refractivity contribution in [3.05, 3.63) is 59.1 Å². The Kier molecular flexibility index (Phi) is 6.17. The molecule has 0 saturated carbocycles. The van der Waals surface area contributed by atoms with Crippen molar-refractivity contribution < 1.29 is 18.0 Å². The molecule has 0 radical (unpaired) electrons. The first-order chi connectivity index (χ1) is 13.3. The molecule has 1 fully saturated rings. The summed E-state index contributed by atoms with van der Waals surface area (Å²) in [6, 6.07) is 11.7. The molecule has 8 heteroatoms. The van der Waals surface area contributed by atoms with Crippen molar-refractivity contribution in [2.75, 3.05) is 11.9 Å². The monoisotopic (exact) mass is 420 g/mol. The van der Waals surface area contributed by atoms with Gasteiger partial charge in [-0.25, -0.2) is 8.42 Å². The molecular weight excluding hydrogens is 400 g/mol. The molecule has 1 heterocycles. The summed E-state index contributed by atoms with van der Waals surface area (Å²) in [6.45, 7) is 1.70. The van der Waals surface area contributed by atoms with Crippen LogP contribution in [0, 0.1) is 0 Å². The van der Waals surface area contributed by atoms with E-state index in [1.54, 1.807) is 24.3 Å². The van der Waals surface area contributed by atoms with Crippen LogP contribution in [-0.4, -0.2) is 37.0 Å². The van der Waals surface area contributed by atoms with Gasteiger partial charge in [0.1, 0.15) is 6.04 Å². The van der Waals surface area contributed by atoms with Gasteiger partial charge in [-0.2, -0.15) is 4.31 Å². The second kappa shape index (κ2) is 8.43. The molecule has 1 amide bonds. The Labute approximate surface area is 169 Å². The fourth-order valence-corrected chi connectivity index (χ4v) is 4.99. The number of carbonyl (C=O) groups excluding carboxylic acids is 2. The van der Waals surface area contributed by atoms with E-state index in [1.807, 2.05) is 0 Å². The molecule has 28 heavy (non-hydrogen) atoms. The van der Waals surface area contributed by atoms with E-state index in [4.69, 9.17) is 11.6 Å². The molecule has 6 nitrogen and oxygen atoms in total. The summed E-state index contributed by atoms with van der Waals surface area (Å²) in [4.78, 5) is 24.3. The van der Waals surface area contributed by atoms with Crippen LogP contribution in [0.25, 0.3) is 0 Å². The summed E-state index contributed by atoms with van der Waals surface area (Å²) in [7, 11) is -3.86. The Morgan fingerprint density at radius 2 is 1.68 bits per heavy atom. The van der Waals surface area contributed by atoms with Gasteiger partial charge in [-0.15, -0.1) is 0 Å². The molecule has 3 rings (SSSR count). The molecule has 1 N–H and O–H groups in total. The fourth-order valence-electron chi connectivity index (χ4n) is 3.21. The van der Waals surface area contributed by atoms with Crippen molar-refractivity contribution in [3.8, 4) is 0 Å². The van der Waals surface area contributed by atoms with E-state index in [0.717, 1.165) is 6.42 Å². The zero-order valence-electron chi connectivity index (χ0n) is 15.4. The molecule has 1 atom stereocenters. The molecule has 1 saturated heterocycles. The number of amides is 1. The third-order valence-corrected chi connectivity index (χ3v) is 6.91. The van der Waals surface area contributed by atoms with Crippen LogP contribution in [-0.2, 0) is 14.8 Å². The highest BCUT2D eigenvalue weighted by Gasteiger charge is 2.37. The Morgan fingerprint density at radius 3 is 2.29 bits per heavy atom. The fraction of sp³-hybridized carbons (Fsp3) is 0.300. The highest BCUT2D eigenvalue weighted by atomic mass is 35.5. The molecule has 0 aromatic heterocycles. The van der Waals surface area contributed by atoms with Crippen molar-refractivity contribution in [2.45, 2.75) is 37.1 Å². The number of sulfonamides is 1. The van der Waals surface area contributed by atoms with Crippen molar-refractivity contribution in [3.63, 3.8) is 0 Å². The predicted molar refractivity (Wildman–Crippen MR) is 108 cm³/mol. The Bertz CT molecular complexity index is 972. The summed E-state index contributed by atoms with van der Waals surface area (Å²) in [6.07, 6.45) is 1.91. The number of benzene rings is 2. The molecule has 1 aliphatic rings. The lowest BCUT2D eigenvalue weighted by Gasteiger charge is -2.33. The number of nitrogens with zero attached hydrogens (tertiary/aromatic N) is 1. The van der Waals surface area contributed by atoms with Gasteiger partial charge in [-0.1, -0.05) is 30.2 Å². The van der Waals surface area contributed by atoms with E-state index < -0.39 is 16.1 Å². The summed E-state index contributed by atoms with van der Waals surface area (Å²) in [5.41, 5.74) is 0.998. The van der Waals surface area contributed by atoms with E-state index in [1.165, 1.54) is 35.5 Å². The second-order valence-electron chi connectivity index (χ2n) is 6.70. The van der Waals surface area contributed by atoms with E-state index in [-0.39, 0.29) is 23.1 Å². The maximum atomic E-state index is 13.1. The minimum absolute atomic E-state index is 0.0729. The average Bonchev–Trinajstić information content (AvgIpc) is 2.69. The van der Waals surface area contributed by atoms with Gasteiger partial charge in [0, 0.05) is 22.8 Å². The zero-order chi connectivity index (χ0) is 20.3. The summed E-state index contributed by atoms with van der Waals surface area (Å²) < 4.78 is 27.5. The number of hydrogen-bond acceptors (Lipinski definition) is 4. The van der Waals surface area contributed by atoms with Gasteiger partial charge < -0.3 is 5.32 Å². The van der Waals surface area contributed by atoms with Crippen LogP contribution in [0.1, 0.15) is 36.5 Å². The van der Waals surface area contributed by atoms with E-state index in [0.29, 0.717) is 29.1 Å². The lowest BCUT2D eigenvalue weighted by Crippen LogP contribution is -2.49. The summed E-state index contributed by atoms with van der Waals surface area (Å²) in [5.74, 6) is -0.506.